The molecule has 1 unspecified atom stereocenters. The molecule has 3 heteroatoms. The molecular weight excluding hydrogens is 164 g/mol. The molecule has 1 atom stereocenters. The van der Waals surface area contributed by atoms with Crippen molar-refractivity contribution in [3.8, 4) is 0 Å². The molecule has 0 radical (unpaired) electrons. The quantitative estimate of drug-likeness (QED) is 0.661. The van der Waals surface area contributed by atoms with Gasteiger partial charge in [-0.15, -0.1) is 0 Å². The number of carbonyl (C=O) groups excluding carboxylic acids is 1. The Bertz CT molecular complexity index is 166. The predicted octanol–water partition coefficient (Wildman–Crippen LogP) is 2.03. The first-order valence-electron chi connectivity index (χ1n) is 4.80. The van der Waals surface area contributed by atoms with Gasteiger partial charge < -0.3 is 9.80 Å². The van der Waals surface area contributed by atoms with Gasteiger partial charge in [-0.1, -0.05) is 13.8 Å². The van der Waals surface area contributed by atoms with Crippen molar-refractivity contribution in [2.75, 3.05) is 21.1 Å². The van der Waals surface area contributed by atoms with E-state index >= 15 is 0 Å². The van der Waals surface area contributed by atoms with E-state index in [1.54, 1.807) is 23.9 Å². The van der Waals surface area contributed by atoms with Gasteiger partial charge in [-0.3, -0.25) is 0 Å². The molecule has 0 saturated carbocycles. The second-order valence-electron chi connectivity index (χ2n) is 4.27. The number of amides is 2. The van der Waals surface area contributed by atoms with Gasteiger partial charge in [0.25, 0.3) is 0 Å². The highest BCUT2D eigenvalue weighted by atomic mass is 16.2. The lowest BCUT2D eigenvalue weighted by Crippen LogP contribution is -2.42. The Morgan fingerprint density at radius 3 is 1.92 bits per heavy atom. The predicted molar refractivity (Wildman–Crippen MR) is 55.8 cm³/mol. The summed E-state index contributed by atoms with van der Waals surface area (Å²) in [6.45, 7) is 6.43. The summed E-state index contributed by atoms with van der Waals surface area (Å²) in [5.41, 5.74) is 0. The van der Waals surface area contributed by atoms with E-state index in [0.717, 1.165) is 6.42 Å². The Labute approximate surface area is 81.7 Å². The highest BCUT2D eigenvalue weighted by molar-refractivity contribution is 5.73. The molecule has 0 saturated heterocycles. The second-order valence-corrected chi connectivity index (χ2v) is 4.27. The van der Waals surface area contributed by atoms with Crippen molar-refractivity contribution in [3.05, 3.63) is 0 Å². The molecule has 13 heavy (non-hydrogen) atoms. The SMILES string of the molecule is CC(C)CC(C)N(C)C(=O)N(C)C. The number of hydrogen-bond acceptors (Lipinski definition) is 1. The molecule has 0 heterocycles. The topological polar surface area (TPSA) is 23.6 Å². The molecular formula is C10H22N2O. The Morgan fingerprint density at radius 1 is 1.15 bits per heavy atom. The number of urea groups is 1. The van der Waals surface area contributed by atoms with E-state index in [9.17, 15) is 4.79 Å². The van der Waals surface area contributed by atoms with E-state index in [1.807, 2.05) is 7.05 Å². The third-order valence-corrected chi connectivity index (χ3v) is 2.16. The summed E-state index contributed by atoms with van der Waals surface area (Å²) in [4.78, 5) is 14.9. The molecule has 78 valence electrons. The summed E-state index contributed by atoms with van der Waals surface area (Å²) < 4.78 is 0. The first-order valence-corrected chi connectivity index (χ1v) is 4.80. The Hall–Kier alpha value is -0.730. The van der Waals surface area contributed by atoms with E-state index in [1.165, 1.54) is 0 Å². The zero-order valence-corrected chi connectivity index (χ0v) is 9.66. The highest BCUT2D eigenvalue weighted by Gasteiger charge is 2.17. The molecule has 2 amide bonds. The van der Waals surface area contributed by atoms with Crippen LogP contribution in [-0.2, 0) is 0 Å². The van der Waals surface area contributed by atoms with Crippen LogP contribution in [0.5, 0.6) is 0 Å². The van der Waals surface area contributed by atoms with Crippen molar-refractivity contribution in [3.63, 3.8) is 0 Å². The average Bonchev–Trinajstić information content (AvgIpc) is 2.00. The van der Waals surface area contributed by atoms with Gasteiger partial charge >= 0.3 is 6.03 Å². The van der Waals surface area contributed by atoms with Crippen LogP contribution in [0.15, 0.2) is 0 Å². The van der Waals surface area contributed by atoms with Crippen molar-refractivity contribution in [1.82, 2.24) is 9.80 Å². The molecule has 0 aromatic rings. The van der Waals surface area contributed by atoms with Gasteiger partial charge in [0.05, 0.1) is 0 Å². The number of nitrogens with zero attached hydrogens (tertiary/aromatic N) is 2. The van der Waals surface area contributed by atoms with E-state index in [2.05, 4.69) is 20.8 Å². The maximum absolute atomic E-state index is 11.5. The Morgan fingerprint density at radius 2 is 1.62 bits per heavy atom. The summed E-state index contributed by atoms with van der Waals surface area (Å²) in [7, 11) is 5.41. The normalized spacial score (nSPS) is 12.8. The average molecular weight is 186 g/mol. The lowest BCUT2D eigenvalue weighted by molar-refractivity contribution is 0.161. The van der Waals surface area contributed by atoms with Gasteiger partial charge in [-0.05, 0) is 19.3 Å². The molecule has 0 bridgehead atoms. The van der Waals surface area contributed by atoms with Gasteiger partial charge in [0.1, 0.15) is 0 Å². The first kappa shape index (κ1) is 12.3. The van der Waals surface area contributed by atoms with Crippen molar-refractivity contribution in [2.45, 2.75) is 33.2 Å². The molecule has 0 aliphatic carbocycles. The fourth-order valence-electron chi connectivity index (χ4n) is 1.34. The van der Waals surface area contributed by atoms with Gasteiger partial charge in [-0.25, -0.2) is 4.79 Å². The molecule has 0 aromatic carbocycles. The van der Waals surface area contributed by atoms with Gasteiger partial charge in [0, 0.05) is 27.2 Å². The maximum Gasteiger partial charge on any atom is 0.319 e. The van der Waals surface area contributed by atoms with Crippen LogP contribution in [0.25, 0.3) is 0 Å². The zero-order valence-electron chi connectivity index (χ0n) is 9.66. The maximum atomic E-state index is 11.5. The molecule has 0 aliphatic rings. The van der Waals surface area contributed by atoms with Crippen LogP contribution in [0, 0.1) is 5.92 Å². The van der Waals surface area contributed by atoms with Gasteiger partial charge in [0.2, 0.25) is 0 Å². The van der Waals surface area contributed by atoms with Crippen LogP contribution >= 0.6 is 0 Å². The number of hydrogen-bond donors (Lipinski definition) is 0. The third-order valence-electron chi connectivity index (χ3n) is 2.16. The summed E-state index contributed by atoms with van der Waals surface area (Å²) in [5, 5.41) is 0. The van der Waals surface area contributed by atoms with Crippen LogP contribution in [0.2, 0.25) is 0 Å². The smallest absolute Gasteiger partial charge is 0.319 e. The van der Waals surface area contributed by atoms with Crippen molar-refractivity contribution in [1.29, 1.82) is 0 Å². The standard InChI is InChI=1S/C10H22N2O/c1-8(2)7-9(3)12(6)10(13)11(4)5/h8-9H,7H2,1-6H3. The lowest BCUT2D eigenvalue weighted by atomic mass is 10.0. The monoisotopic (exact) mass is 186 g/mol. The Kier molecular flexibility index (Phi) is 4.81. The fourth-order valence-corrected chi connectivity index (χ4v) is 1.34. The summed E-state index contributed by atoms with van der Waals surface area (Å²) in [5.74, 6) is 0.632. The molecule has 0 aromatic heterocycles. The number of carbonyl (C=O) groups is 1. The Balaban J connectivity index is 4.09. The van der Waals surface area contributed by atoms with Crippen LogP contribution in [0.1, 0.15) is 27.2 Å². The molecule has 0 aliphatic heterocycles. The zero-order chi connectivity index (χ0) is 10.6. The summed E-state index contributed by atoms with van der Waals surface area (Å²) in [6.07, 6.45) is 1.05. The highest BCUT2D eigenvalue weighted by Crippen LogP contribution is 2.10. The second kappa shape index (κ2) is 5.10. The fraction of sp³-hybridized carbons (Fsp3) is 0.900. The first-order chi connectivity index (χ1) is 5.86. The van der Waals surface area contributed by atoms with Crippen LogP contribution < -0.4 is 0 Å². The minimum atomic E-state index is 0.0770. The summed E-state index contributed by atoms with van der Waals surface area (Å²) in [6, 6.07) is 0.392. The van der Waals surface area contributed by atoms with Gasteiger partial charge in [-0.2, -0.15) is 0 Å². The van der Waals surface area contributed by atoms with Gasteiger partial charge in [0.15, 0.2) is 0 Å². The van der Waals surface area contributed by atoms with E-state index < -0.39 is 0 Å². The molecule has 0 rings (SSSR count). The van der Waals surface area contributed by atoms with Crippen LogP contribution in [-0.4, -0.2) is 43.0 Å². The lowest BCUT2D eigenvalue weighted by Gasteiger charge is -2.28. The van der Waals surface area contributed by atoms with E-state index in [0.29, 0.717) is 12.0 Å². The van der Waals surface area contributed by atoms with Crippen molar-refractivity contribution < 1.29 is 4.79 Å². The minimum Gasteiger partial charge on any atom is -0.331 e. The molecule has 0 N–H and O–H groups in total. The van der Waals surface area contributed by atoms with Crippen molar-refractivity contribution in [2.24, 2.45) is 5.92 Å². The molecule has 0 fully saturated rings. The largest absolute Gasteiger partial charge is 0.331 e. The summed E-state index contributed by atoms with van der Waals surface area (Å²) >= 11 is 0. The van der Waals surface area contributed by atoms with E-state index in [4.69, 9.17) is 0 Å². The number of rotatable bonds is 3. The van der Waals surface area contributed by atoms with Crippen molar-refractivity contribution >= 4 is 6.03 Å². The minimum absolute atomic E-state index is 0.0770. The van der Waals surface area contributed by atoms with Crippen LogP contribution in [0.4, 0.5) is 4.79 Å². The molecule has 3 nitrogen and oxygen atoms in total. The van der Waals surface area contributed by atoms with Crippen LogP contribution in [0.3, 0.4) is 0 Å². The van der Waals surface area contributed by atoms with E-state index in [-0.39, 0.29) is 6.03 Å². The third kappa shape index (κ3) is 4.15. The molecule has 0 spiro atoms.